The number of carbonyl (C=O) groups excluding carboxylic acids is 1. The highest BCUT2D eigenvalue weighted by Gasteiger charge is 2.46. The highest BCUT2D eigenvalue weighted by Crippen LogP contribution is 2.34. The molecule has 1 saturated carbocycles. The van der Waals surface area contributed by atoms with Crippen molar-refractivity contribution in [2.75, 3.05) is 5.75 Å². The van der Waals surface area contributed by atoms with E-state index in [1.54, 1.807) is 17.5 Å². The molecule has 0 radical (unpaired) electrons. The van der Waals surface area contributed by atoms with Crippen molar-refractivity contribution in [3.63, 3.8) is 0 Å². The minimum atomic E-state index is -2.64. The molecule has 2 N–H and O–H groups in total. The molecule has 1 fully saturated rings. The van der Waals surface area contributed by atoms with E-state index in [9.17, 15) is 18.8 Å². The summed E-state index contributed by atoms with van der Waals surface area (Å²) < 4.78 is 27.3. The lowest BCUT2D eigenvalue weighted by Crippen LogP contribution is -2.51. The van der Waals surface area contributed by atoms with Gasteiger partial charge in [-0.15, -0.1) is 11.3 Å². The summed E-state index contributed by atoms with van der Waals surface area (Å²) in [4.78, 5) is 13.2. The molecule has 28 heavy (non-hydrogen) atoms. The van der Waals surface area contributed by atoms with Gasteiger partial charge in [0, 0.05) is 16.4 Å². The van der Waals surface area contributed by atoms with E-state index in [2.05, 4.69) is 16.7 Å². The van der Waals surface area contributed by atoms with Gasteiger partial charge in [-0.25, -0.2) is 8.78 Å². The number of rotatable bonds is 10. The van der Waals surface area contributed by atoms with Gasteiger partial charge in [0.2, 0.25) is 5.91 Å². The van der Waals surface area contributed by atoms with Crippen LogP contribution in [0.1, 0.15) is 29.3 Å². The van der Waals surface area contributed by atoms with Gasteiger partial charge in [-0.3, -0.25) is 10.1 Å². The predicted molar refractivity (Wildman–Crippen MR) is 108 cm³/mol. The summed E-state index contributed by atoms with van der Waals surface area (Å²) in [7, 11) is 0. The Morgan fingerprint density at radius 2 is 2.00 bits per heavy atom. The van der Waals surface area contributed by atoms with Crippen LogP contribution in [0.4, 0.5) is 8.78 Å². The maximum absolute atomic E-state index is 13.6. The normalized spacial score (nSPS) is 16.9. The third-order valence-electron chi connectivity index (χ3n) is 4.52. The zero-order valence-electron chi connectivity index (χ0n) is 15.1. The number of amides is 1. The van der Waals surface area contributed by atoms with E-state index in [-0.39, 0.29) is 0 Å². The topological polar surface area (TPSA) is 64.9 Å². The average Bonchev–Trinajstić information content (AvgIpc) is 3.25. The molecule has 1 aliphatic rings. The van der Waals surface area contributed by atoms with Crippen LogP contribution in [0.2, 0.25) is 0 Å². The van der Waals surface area contributed by atoms with Gasteiger partial charge < -0.3 is 5.32 Å². The molecule has 0 saturated heterocycles. The number of alkyl halides is 2. The number of hydrogen-bond donors (Lipinski definition) is 2. The Morgan fingerprint density at radius 1 is 1.25 bits per heavy atom. The van der Waals surface area contributed by atoms with Crippen LogP contribution in [0.5, 0.6) is 0 Å². The molecule has 2 aromatic rings. The summed E-state index contributed by atoms with van der Waals surface area (Å²) in [6.07, 6.45) is -1.44. The van der Waals surface area contributed by atoms with Gasteiger partial charge in [0.25, 0.3) is 6.43 Å². The fourth-order valence-corrected chi connectivity index (χ4v) is 4.56. The molecule has 1 heterocycles. The van der Waals surface area contributed by atoms with Gasteiger partial charge in [-0.05, 0) is 29.9 Å². The summed E-state index contributed by atoms with van der Waals surface area (Å²) >= 11 is 2.73. The van der Waals surface area contributed by atoms with E-state index in [1.807, 2.05) is 30.3 Å². The predicted octanol–water partition coefficient (Wildman–Crippen LogP) is 4.12. The Hall–Kier alpha value is -1.95. The Bertz CT molecular complexity index is 805. The Balaban J connectivity index is 1.67. The van der Waals surface area contributed by atoms with Crippen LogP contribution in [-0.2, 0) is 10.5 Å². The standard InChI is InChI=1S/C20H21F2N3OS2/c21-18(22)17(16-7-4-10-28-16)24-15(19(26)25-20(13-23)8-9-20)12-27-11-14-5-2-1-3-6-14/h1-7,10,15,17-18,24H,8-9,11-12H2,(H,25,26)/t15-,17+/m0/s1. The van der Waals surface area contributed by atoms with Crippen molar-refractivity contribution in [3.8, 4) is 6.07 Å². The Labute approximate surface area is 171 Å². The van der Waals surface area contributed by atoms with Gasteiger partial charge in [-0.2, -0.15) is 17.0 Å². The molecular formula is C20H21F2N3OS2. The van der Waals surface area contributed by atoms with E-state index in [0.717, 1.165) is 5.56 Å². The fourth-order valence-electron chi connectivity index (χ4n) is 2.75. The summed E-state index contributed by atoms with van der Waals surface area (Å²) in [6.45, 7) is 0. The van der Waals surface area contributed by atoms with Gasteiger partial charge >= 0.3 is 0 Å². The molecule has 0 aliphatic heterocycles. The van der Waals surface area contributed by atoms with Gasteiger partial charge in [-0.1, -0.05) is 36.4 Å². The summed E-state index contributed by atoms with van der Waals surface area (Å²) in [5.41, 5.74) is 0.274. The number of benzene rings is 1. The van der Waals surface area contributed by atoms with E-state index in [4.69, 9.17) is 0 Å². The maximum atomic E-state index is 13.6. The number of nitrogens with zero attached hydrogens (tertiary/aromatic N) is 1. The van der Waals surface area contributed by atoms with Crippen LogP contribution < -0.4 is 10.6 Å². The molecule has 4 nitrogen and oxygen atoms in total. The second-order valence-corrected chi connectivity index (χ2v) is 8.74. The lowest BCUT2D eigenvalue weighted by molar-refractivity contribution is -0.123. The first kappa shape index (κ1) is 20.8. The average molecular weight is 422 g/mol. The van der Waals surface area contributed by atoms with Crippen molar-refractivity contribution in [2.45, 2.75) is 42.6 Å². The number of thioether (sulfide) groups is 1. The van der Waals surface area contributed by atoms with Crippen LogP contribution in [0.25, 0.3) is 0 Å². The maximum Gasteiger partial charge on any atom is 0.258 e. The monoisotopic (exact) mass is 421 g/mol. The molecule has 148 valence electrons. The lowest BCUT2D eigenvalue weighted by atomic mass is 10.2. The number of nitrogens with one attached hydrogen (secondary N) is 2. The molecular weight excluding hydrogens is 400 g/mol. The number of hydrogen-bond acceptors (Lipinski definition) is 5. The minimum Gasteiger partial charge on any atom is -0.336 e. The lowest BCUT2D eigenvalue weighted by Gasteiger charge is -2.25. The van der Waals surface area contributed by atoms with Gasteiger partial charge in [0.15, 0.2) is 0 Å². The van der Waals surface area contributed by atoms with Crippen molar-refractivity contribution in [2.24, 2.45) is 0 Å². The first-order valence-corrected chi connectivity index (χ1v) is 11.0. The van der Waals surface area contributed by atoms with Crippen molar-refractivity contribution >= 4 is 29.0 Å². The molecule has 3 rings (SSSR count). The SMILES string of the molecule is N#CC1(NC(=O)[C@H](CSCc2ccccc2)N[C@H](c2cccs2)C(F)F)CC1. The van der Waals surface area contributed by atoms with Crippen molar-refractivity contribution < 1.29 is 13.6 Å². The first-order valence-electron chi connectivity index (χ1n) is 8.95. The molecule has 0 spiro atoms. The zero-order valence-corrected chi connectivity index (χ0v) is 16.7. The zero-order chi connectivity index (χ0) is 20.0. The Kier molecular flexibility index (Phi) is 7.05. The number of nitriles is 1. The van der Waals surface area contributed by atoms with Crippen molar-refractivity contribution in [3.05, 3.63) is 58.3 Å². The molecule has 1 aliphatic carbocycles. The minimum absolute atomic E-state index is 0.330. The van der Waals surface area contributed by atoms with Crippen LogP contribution in [-0.4, -0.2) is 29.7 Å². The van der Waals surface area contributed by atoms with Crippen molar-refractivity contribution in [1.82, 2.24) is 10.6 Å². The third-order valence-corrected chi connectivity index (χ3v) is 6.58. The molecule has 1 amide bonds. The smallest absolute Gasteiger partial charge is 0.258 e. The van der Waals surface area contributed by atoms with E-state index in [0.29, 0.717) is 29.2 Å². The van der Waals surface area contributed by atoms with Gasteiger partial charge in [0.05, 0.1) is 12.1 Å². The Morgan fingerprint density at radius 3 is 2.57 bits per heavy atom. The van der Waals surface area contributed by atoms with E-state index < -0.39 is 30.0 Å². The van der Waals surface area contributed by atoms with Crippen LogP contribution in [0.15, 0.2) is 47.8 Å². The third kappa shape index (κ3) is 5.53. The number of halogens is 2. The number of carbonyl (C=O) groups is 1. The molecule has 2 atom stereocenters. The molecule has 0 bridgehead atoms. The van der Waals surface area contributed by atoms with Crippen LogP contribution in [0.3, 0.4) is 0 Å². The van der Waals surface area contributed by atoms with Gasteiger partial charge in [0.1, 0.15) is 11.6 Å². The quantitative estimate of drug-likeness (QED) is 0.606. The van der Waals surface area contributed by atoms with E-state index >= 15 is 0 Å². The second-order valence-electron chi connectivity index (χ2n) is 6.73. The molecule has 8 heteroatoms. The summed E-state index contributed by atoms with van der Waals surface area (Å²) in [5, 5.41) is 16.5. The molecule has 0 unspecified atom stereocenters. The highest BCUT2D eigenvalue weighted by atomic mass is 32.2. The number of thiophene rings is 1. The second kappa shape index (κ2) is 9.50. The molecule has 1 aromatic carbocycles. The summed E-state index contributed by atoms with van der Waals surface area (Å²) in [6, 6.07) is 13.2. The van der Waals surface area contributed by atoms with E-state index in [1.165, 1.54) is 23.1 Å². The summed E-state index contributed by atoms with van der Waals surface area (Å²) in [5.74, 6) is 0.604. The van der Waals surface area contributed by atoms with Crippen molar-refractivity contribution in [1.29, 1.82) is 5.26 Å². The first-order chi connectivity index (χ1) is 13.5. The van der Waals surface area contributed by atoms with Crippen LogP contribution >= 0.6 is 23.1 Å². The fraction of sp³-hybridized carbons (Fsp3) is 0.400. The molecule has 1 aromatic heterocycles. The highest BCUT2D eigenvalue weighted by molar-refractivity contribution is 7.98. The van der Waals surface area contributed by atoms with Crippen LogP contribution in [0, 0.1) is 11.3 Å². The largest absolute Gasteiger partial charge is 0.336 e.